The molecule has 2 aliphatic rings. The van der Waals surface area contributed by atoms with Crippen LogP contribution in [-0.4, -0.2) is 11.9 Å². The number of carbonyl (C=O) groups excluding carboxylic acids is 1. The van der Waals surface area contributed by atoms with Crippen molar-refractivity contribution in [2.75, 3.05) is 0 Å². The van der Waals surface area contributed by atoms with Gasteiger partial charge in [0.15, 0.2) is 0 Å². The summed E-state index contributed by atoms with van der Waals surface area (Å²) in [5.74, 6) is 0.283. The van der Waals surface area contributed by atoms with E-state index >= 15 is 0 Å². The molecule has 106 valence electrons. The molecule has 0 aromatic carbocycles. The summed E-state index contributed by atoms with van der Waals surface area (Å²) in [5.41, 5.74) is 1.34. The Kier molecular flexibility index (Phi) is 4.07. The standard InChI is InChI=1S/C16H20N2OS/c17-10-13(11-5-2-1-3-6-11)18-16(19)15-9-12-7-4-8-14(12)20-15/h9,11,13H,1-8H2,(H,18,19). The number of aryl methyl sites for hydroxylation is 2. The molecule has 1 atom stereocenters. The zero-order valence-corrected chi connectivity index (χ0v) is 12.5. The topological polar surface area (TPSA) is 52.9 Å². The molecule has 0 radical (unpaired) electrons. The molecule has 1 saturated carbocycles. The van der Waals surface area contributed by atoms with Gasteiger partial charge in [0.25, 0.3) is 5.91 Å². The van der Waals surface area contributed by atoms with Gasteiger partial charge in [-0.15, -0.1) is 11.3 Å². The van der Waals surface area contributed by atoms with Crippen LogP contribution in [0.15, 0.2) is 6.07 Å². The number of nitrogens with zero attached hydrogens (tertiary/aromatic N) is 1. The third-order valence-corrected chi connectivity index (χ3v) is 5.75. The first-order chi connectivity index (χ1) is 9.78. The van der Waals surface area contributed by atoms with Gasteiger partial charge < -0.3 is 5.32 Å². The number of fused-ring (bicyclic) bond motifs is 1. The number of nitrogens with one attached hydrogen (secondary N) is 1. The molecule has 1 aromatic rings. The highest BCUT2D eigenvalue weighted by Gasteiger charge is 2.26. The van der Waals surface area contributed by atoms with Gasteiger partial charge in [0.1, 0.15) is 6.04 Å². The molecule has 3 rings (SSSR count). The molecule has 0 aliphatic heterocycles. The van der Waals surface area contributed by atoms with E-state index in [2.05, 4.69) is 11.4 Å². The Balaban J connectivity index is 1.65. The van der Waals surface area contributed by atoms with Crippen molar-refractivity contribution in [3.05, 3.63) is 21.4 Å². The van der Waals surface area contributed by atoms with E-state index in [0.717, 1.165) is 30.6 Å². The lowest BCUT2D eigenvalue weighted by atomic mass is 9.84. The van der Waals surface area contributed by atoms with Crippen LogP contribution in [0.2, 0.25) is 0 Å². The maximum Gasteiger partial charge on any atom is 0.262 e. The molecular weight excluding hydrogens is 268 g/mol. The maximum absolute atomic E-state index is 12.3. The molecule has 0 bridgehead atoms. The fraction of sp³-hybridized carbons (Fsp3) is 0.625. The number of nitriles is 1. The minimum Gasteiger partial charge on any atom is -0.335 e. The van der Waals surface area contributed by atoms with E-state index in [9.17, 15) is 10.1 Å². The SMILES string of the molecule is N#CC(NC(=O)c1cc2c(s1)CCC2)C1CCCCC1. The molecule has 1 N–H and O–H groups in total. The van der Waals surface area contributed by atoms with Crippen LogP contribution in [0.1, 0.15) is 58.6 Å². The Bertz CT molecular complexity index is 516. The van der Waals surface area contributed by atoms with Crippen LogP contribution >= 0.6 is 11.3 Å². The smallest absolute Gasteiger partial charge is 0.262 e. The normalized spacial score (nSPS) is 20.1. The number of amides is 1. The van der Waals surface area contributed by atoms with Gasteiger partial charge in [-0.05, 0) is 49.7 Å². The summed E-state index contributed by atoms with van der Waals surface area (Å²) < 4.78 is 0. The second kappa shape index (κ2) is 5.97. The Morgan fingerprint density at radius 3 is 2.80 bits per heavy atom. The van der Waals surface area contributed by atoms with Crippen LogP contribution in [0.25, 0.3) is 0 Å². The predicted octanol–water partition coefficient (Wildman–Crippen LogP) is 3.44. The van der Waals surface area contributed by atoms with Crippen LogP contribution in [0.4, 0.5) is 0 Å². The fourth-order valence-electron chi connectivity index (χ4n) is 3.38. The molecule has 0 spiro atoms. The molecule has 1 fully saturated rings. The highest BCUT2D eigenvalue weighted by Crippen LogP contribution is 2.31. The van der Waals surface area contributed by atoms with Gasteiger partial charge in [-0.3, -0.25) is 4.79 Å². The van der Waals surface area contributed by atoms with Crippen molar-refractivity contribution in [1.29, 1.82) is 5.26 Å². The van der Waals surface area contributed by atoms with Gasteiger partial charge >= 0.3 is 0 Å². The van der Waals surface area contributed by atoms with E-state index < -0.39 is 0 Å². The van der Waals surface area contributed by atoms with Gasteiger partial charge in [0.2, 0.25) is 0 Å². The molecule has 1 unspecified atom stereocenters. The monoisotopic (exact) mass is 288 g/mol. The molecular formula is C16H20N2OS. The highest BCUT2D eigenvalue weighted by atomic mass is 32.1. The summed E-state index contributed by atoms with van der Waals surface area (Å²) in [6.07, 6.45) is 9.20. The molecule has 1 amide bonds. The van der Waals surface area contributed by atoms with E-state index in [1.54, 1.807) is 11.3 Å². The Hall–Kier alpha value is -1.34. The van der Waals surface area contributed by atoms with E-state index in [1.165, 1.54) is 36.1 Å². The van der Waals surface area contributed by atoms with E-state index in [4.69, 9.17) is 0 Å². The number of thiophene rings is 1. The third-order valence-electron chi connectivity index (χ3n) is 4.52. The van der Waals surface area contributed by atoms with Crippen molar-refractivity contribution in [2.24, 2.45) is 5.92 Å². The predicted molar refractivity (Wildman–Crippen MR) is 79.8 cm³/mol. The summed E-state index contributed by atoms with van der Waals surface area (Å²) in [6.45, 7) is 0. The Morgan fingerprint density at radius 2 is 2.10 bits per heavy atom. The van der Waals surface area contributed by atoms with E-state index in [-0.39, 0.29) is 11.9 Å². The first kappa shape index (κ1) is 13.6. The lowest BCUT2D eigenvalue weighted by Crippen LogP contribution is -2.39. The van der Waals surface area contributed by atoms with Gasteiger partial charge in [0.05, 0.1) is 10.9 Å². The van der Waals surface area contributed by atoms with Crippen molar-refractivity contribution in [3.63, 3.8) is 0 Å². The zero-order valence-electron chi connectivity index (χ0n) is 11.7. The van der Waals surface area contributed by atoms with Gasteiger partial charge in [-0.25, -0.2) is 0 Å². The molecule has 1 heterocycles. The maximum atomic E-state index is 12.3. The molecule has 20 heavy (non-hydrogen) atoms. The molecule has 2 aliphatic carbocycles. The average molecular weight is 288 g/mol. The lowest BCUT2D eigenvalue weighted by Gasteiger charge is -2.26. The number of rotatable bonds is 3. The first-order valence-electron chi connectivity index (χ1n) is 7.60. The van der Waals surface area contributed by atoms with Gasteiger partial charge in [-0.2, -0.15) is 5.26 Å². The number of carbonyl (C=O) groups is 1. The van der Waals surface area contributed by atoms with Crippen LogP contribution < -0.4 is 5.32 Å². The minimum absolute atomic E-state index is 0.0541. The first-order valence-corrected chi connectivity index (χ1v) is 8.41. The largest absolute Gasteiger partial charge is 0.335 e. The molecule has 0 saturated heterocycles. The van der Waals surface area contributed by atoms with Crippen molar-refractivity contribution in [1.82, 2.24) is 5.32 Å². The Labute approximate surface area is 124 Å². The highest BCUT2D eigenvalue weighted by molar-refractivity contribution is 7.14. The minimum atomic E-state index is -0.320. The van der Waals surface area contributed by atoms with E-state index in [0.29, 0.717) is 5.92 Å². The number of hydrogen-bond donors (Lipinski definition) is 1. The van der Waals surface area contributed by atoms with Crippen molar-refractivity contribution >= 4 is 17.2 Å². The van der Waals surface area contributed by atoms with Crippen molar-refractivity contribution in [3.8, 4) is 6.07 Å². The fourth-order valence-corrected chi connectivity index (χ4v) is 4.53. The van der Waals surface area contributed by atoms with Crippen LogP contribution in [0, 0.1) is 17.2 Å². The van der Waals surface area contributed by atoms with Crippen molar-refractivity contribution in [2.45, 2.75) is 57.4 Å². The summed E-state index contributed by atoms with van der Waals surface area (Å²) >= 11 is 1.61. The summed E-state index contributed by atoms with van der Waals surface area (Å²) in [6, 6.07) is 4.00. The molecule has 3 nitrogen and oxygen atoms in total. The second-order valence-electron chi connectivity index (χ2n) is 5.89. The van der Waals surface area contributed by atoms with Gasteiger partial charge in [0, 0.05) is 4.88 Å². The summed E-state index contributed by atoms with van der Waals surface area (Å²) in [4.78, 5) is 14.5. The summed E-state index contributed by atoms with van der Waals surface area (Å²) in [5, 5.41) is 12.3. The quantitative estimate of drug-likeness (QED) is 0.926. The van der Waals surface area contributed by atoms with Gasteiger partial charge in [-0.1, -0.05) is 19.3 Å². The zero-order chi connectivity index (χ0) is 13.9. The molecule has 4 heteroatoms. The third kappa shape index (κ3) is 2.73. The average Bonchev–Trinajstić information content (AvgIpc) is 3.06. The Morgan fingerprint density at radius 1 is 1.30 bits per heavy atom. The van der Waals surface area contributed by atoms with Crippen molar-refractivity contribution < 1.29 is 4.79 Å². The van der Waals surface area contributed by atoms with Crippen LogP contribution in [-0.2, 0) is 12.8 Å². The second-order valence-corrected chi connectivity index (χ2v) is 7.03. The van der Waals surface area contributed by atoms with E-state index in [1.807, 2.05) is 6.07 Å². The summed E-state index contributed by atoms with van der Waals surface area (Å²) in [7, 11) is 0. The lowest BCUT2D eigenvalue weighted by molar-refractivity contribution is 0.0933. The van der Waals surface area contributed by atoms with Crippen LogP contribution in [0.3, 0.4) is 0 Å². The van der Waals surface area contributed by atoms with Crippen LogP contribution in [0.5, 0.6) is 0 Å². The number of hydrogen-bond acceptors (Lipinski definition) is 3. The molecule has 1 aromatic heterocycles.